The number of aromatic nitrogens is 2. The Morgan fingerprint density at radius 3 is 2.60 bits per heavy atom. The first kappa shape index (κ1) is 30.0. The number of allylic oxidation sites excluding steroid dienone is 1. The van der Waals surface area contributed by atoms with Gasteiger partial charge in [0.25, 0.3) is 5.56 Å². The Hall–Kier alpha value is -4.93. The molecule has 3 aromatic carbocycles. The number of halogens is 3. The third-order valence-corrected chi connectivity index (χ3v) is 6.17. The summed E-state index contributed by atoms with van der Waals surface area (Å²) in [6, 6.07) is 14.4. The van der Waals surface area contributed by atoms with Crippen LogP contribution >= 0.6 is 0 Å². The van der Waals surface area contributed by atoms with Gasteiger partial charge in [-0.05, 0) is 62.2 Å². The maximum atomic E-state index is 13.5. The molecule has 218 valence electrons. The zero-order valence-corrected chi connectivity index (χ0v) is 23.1. The van der Waals surface area contributed by atoms with Crippen LogP contribution in [0.25, 0.3) is 22.3 Å². The fourth-order valence-electron chi connectivity index (χ4n) is 4.23. The zero-order valence-electron chi connectivity index (χ0n) is 23.1. The summed E-state index contributed by atoms with van der Waals surface area (Å²) < 4.78 is 57.9. The lowest BCUT2D eigenvalue weighted by Gasteiger charge is -2.19. The van der Waals surface area contributed by atoms with Gasteiger partial charge in [0.15, 0.2) is 23.4 Å². The maximum Gasteiger partial charge on any atom is 0.416 e. The maximum absolute atomic E-state index is 13.5. The summed E-state index contributed by atoms with van der Waals surface area (Å²) in [4.78, 5) is 30.0. The van der Waals surface area contributed by atoms with Crippen molar-refractivity contribution in [3.05, 3.63) is 100 Å². The van der Waals surface area contributed by atoms with Gasteiger partial charge in [-0.15, -0.1) is 6.58 Å². The molecule has 4 rings (SSSR count). The van der Waals surface area contributed by atoms with E-state index in [1.807, 2.05) is 0 Å². The lowest BCUT2D eigenvalue weighted by Crippen LogP contribution is -2.25. The SMILES string of the molecule is C=CCc1cc(C=Nn2c(-c3cccc(C(F)(F)F)c3)nc3ccccc3c2=O)cc(OCC)c1O[C@H](C)C(=O)OC. The number of carbonyl (C=O) groups is 1. The second-order valence-electron chi connectivity index (χ2n) is 9.11. The number of hydrogen-bond acceptors (Lipinski definition) is 7. The molecule has 0 aliphatic carbocycles. The Kier molecular flexibility index (Phi) is 9.09. The molecule has 0 bridgehead atoms. The van der Waals surface area contributed by atoms with Crippen LogP contribution in [0.4, 0.5) is 13.2 Å². The molecule has 0 aliphatic heterocycles. The van der Waals surface area contributed by atoms with Gasteiger partial charge in [0.2, 0.25) is 0 Å². The van der Waals surface area contributed by atoms with E-state index in [9.17, 15) is 22.8 Å². The molecule has 0 spiro atoms. The summed E-state index contributed by atoms with van der Waals surface area (Å²) in [6.07, 6.45) is -2.15. The molecular weight excluding hydrogens is 551 g/mol. The molecule has 11 heteroatoms. The highest BCUT2D eigenvalue weighted by molar-refractivity contribution is 5.83. The summed E-state index contributed by atoms with van der Waals surface area (Å²) in [6.45, 7) is 7.39. The topological polar surface area (TPSA) is 92.0 Å². The van der Waals surface area contributed by atoms with Gasteiger partial charge in [0.05, 0.1) is 36.4 Å². The van der Waals surface area contributed by atoms with E-state index < -0.39 is 29.4 Å². The normalized spacial score (nSPS) is 12.3. The van der Waals surface area contributed by atoms with Gasteiger partial charge in [-0.2, -0.15) is 22.9 Å². The molecule has 1 aromatic heterocycles. The highest BCUT2D eigenvalue weighted by Crippen LogP contribution is 2.35. The standard InChI is InChI=1S/C31H28F3N3O5/c1-5-10-21-15-20(16-26(41-6-2)27(21)42-19(3)30(39)40-4)18-35-37-28(22-11-9-12-23(17-22)31(32,33)34)36-25-14-8-7-13-24(25)29(37)38/h5,7-9,11-19H,1,6,10H2,2-4H3/t19-/m1/s1. The molecule has 4 aromatic rings. The molecule has 0 aliphatic rings. The number of benzene rings is 3. The average molecular weight is 580 g/mol. The molecule has 0 unspecified atom stereocenters. The van der Waals surface area contributed by atoms with Crippen molar-refractivity contribution in [2.24, 2.45) is 5.10 Å². The minimum absolute atomic E-state index is 0.0627. The third kappa shape index (κ3) is 6.51. The first-order valence-electron chi connectivity index (χ1n) is 13.0. The van der Waals surface area contributed by atoms with Crippen LogP contribution in [0.5, 0.6) is 11.5 Å². The molecule has 0 fully saturated rings. The van der Waals surface area contributed by atoms with Crippen LogP contribution in [0, 0.1) is 0 Å². The number of hydrogen-bond donors (Lipinski definition) is 0. The largest absolute Gasteiger partial charge is 0.490 e. The van der Waals surface area contributed by atoms with E-state index in [1.165, 1.54) is 25.5 Å². The van der Waals surface area contributed by atoms with Gasteiger partial charge in [-0.1, -0.05) is 30.3 Å². The van der Waals surface area contributed by atoms with Crippen LogP contribution in [-0.4, -0.2) is 41.7 Å². The first-order valence-corrected chi connectivity index (χ1v) is 13.0. The van der Waals surface area contributed by atoms with E-state index in [4.69, 9.17) is 14.2 Å². The van der Waals surface area contributed by atoms with Crippen LogP contribution < -0.4 is 15.0 Å². The van der Waals surface area contributed by atoms with Gasteiger partial charge in [-0.25, -0.2) is 9.78 Å². The van der Waals surface area contributed by atoms with Crippen LogP contribution in [0.1, 0.15) is 30.5 Å². The molecular formula is C31H28F3N3O5. The second-order valence-corrected chi connectivity index (χ2v) is 9.11. The number of methoxy groups -OCH3 is 1. The minimum Gasteiger partial charge on any atom is -0.490 e. The number of rotatable bonds is 10. The number of nitrogens with zero attached hydrogens (tertiary/aromatic N) is 3. The summed E-state index contributed by atoms with van der Waals surface area (Å²) in [5, 5.41) is 4.61. The number of para-hydroxylation sites is 1. The quantitative estimate of drug-likeness (QED) is 0.129. The summed E-state index contributed by atoms with van der Waals surface area (Å²) in [7, 11) is 1.26. The molecule has 0 amide bonds. The van der Waals surface area contributed by atoms with Crippen molar-refractivity contribution in [1.82, 2.24) is 9.66 Å². The molecule has 0 N–H and O–H groups in total. The van der Waals surface area contributed by atoms with Crippen LogP contribution in [0.2, 0.25) is 0 Å². The van der Waals surface area contributed by atoms with Gasteiger partial charge in [0.1, 0.15) is 0 Å². The van der Waals surface area contributed by atoms with Gasteiger partial charge >= 0.3 is 12.1 Å². The van der Waals surface area contributed by atoms with E-state index in [2.05, 4.69) is 16.7 Å². The van der Waals surface area contributed by atoms with E-state index in [0.717, 1.165) is 16.8 Å². The van der Waals surface area contributed by atoms with Crippen LogP contribution in [0.3, 0.4) is 0 Å². The van der Waals surface area contributed by atoms with E-state index in [0.29, 0.717) is 34.6 Å². The highest BCUT2D eigenvalue weighted by atomic mass is 19.4. The Bertz CT molecular complexity index is 1710. The zero-order chi connectivity index (χ0) is 30.4. The van der Waals surface area contributed by atoms with Crippen LogP contribution in [0.15, 0.2) is 83.2 Å². The fourth-order valence-corrected chi connectivity index (χ4v) is 4.23. The monoisotopic (exact) mass is 579 g/mol. The molecule has 1 heterocycles. The molecule has 0 radical (unpaired) electrons. The minimum atomic E-state index is -4.59. The molecule has 8 nitrogen and oxygen atoms in total. The lowest BCUT2D eigenvalue weighted by atomic mass is 10.1. The fraction of sp³-hybridized carbons (Fsp3) is 0.226. The predicted molar refractivity (Wildman–Crippen MR) is 153 cm³/mol. The molecule has 0 saturated heterocycles. The Balaban J connectivity index is 1.88. The van der Waals surface area contributed by atoms with Gasteiger partial charge < -0.3 is 14.2 Å². The Morgan fingerprint density at radius 2 is 1.90 bits per heavy atom. The van der Waals surface area contributed by atoms with Crippen LogP contribution in [-0.2, 0) is 22.1 Å². The van der Waals surface area contributed by atoms with Crippen molar-refractivity contribution in [2.75, 3.05) is 13.7 Å². The Labute approximate surface area is 239 Å². The lowest BCUT2D eigenvalue weighted by molar-refractivity contribution is -0.148. The first-order chi connectivity index (χ1) is 20.1. The summed E-state index contributed by atoms with van der Waals surface area (Å²) in [5.74, 6) is -0.000624. The van der Waals surface area contributed by atoms with Crippen molar-refractivity contribution in [2.45, 2.75) is 32.5 Å². The Morgan fingerprint density at radius 1 is 1.14 bits per heavy atom. The van der Waals surface area contributed by atoms with Crippen molar-refractivity contribution >= 4 is 23.1 Å². The van der Waals surface area contributed by atoms with E-state index in [-0.39, 0.29) is 23.4 Å². The molecule has 1 atom stereocenters. The molecule has 42 heavy (non-hydrogen) atoms. The second kappa shape index (κ2) is 12.7. The number of fused-ring (bicyclic) bond motifs is 1. The van der Waals surface area contributed by atoms with E-state index >= 15 is 0 Å². The van der Waals surface area contributed by atoms with Gasteiger partial charge in [-0.3, -0.25) is 4.79 Å². The number of alkyl halides is 3. The smallest absolute Gasteiger partial charge is 0.416 e. The van der Waals surface area contributed by atoms with Crippen molar-refractivity contribution < 1.29 is 32.2 Å². The van der Waals surface area contributed by atoms with Gasteiger partial charge in [0, 0.05) is 11.1 Å². The predicted octanol–water partition coefficient (Wildman–Crippen LogP) is 6.03. The summed E-state index contributed by atoms with van der Waals surface area (Å²) >= 11 is 0. The number of ether oxygens (including phenoxy) is 3. The number of carbonyl (C=O) groups excluding carboxylic acids is 1. The van der Waals surface area contributed by atoms with E-state index in [1.54, 1.807) is 56.3 Å². The third-order valence-electron chi connectivity index (χ3n) is 6.17. The highest BCUT2D eigenvalue weighted by Gasteiger charge is 2.31. The number of esters is 1. The average Bonchev–Trinajstić information content (AvgIpc) is 2.97. The van der Waals surface area contributed by atoms with Crippen molar-refractivity contribution in [3.63, 3.8) is 0 Å². The van der Waals surface area contributed by atoms with Crippen molar-refractivity contribution in [1.29, 1.82) is 0 Å². The van der Waals surface area contributed by atoms with Crippen molar-refractivity contribution in [3.8, 4) is 22.9 Å². The summed E-state index contributed by atoms with van der Waals surface area (Å²) in [5.41, 5.74) is 0.0403. The molecule has 0 saturated carbocycles.